The molecule has 1 aromatic carbocycles. The van der Waals surface area contributed by atoms with Gasteiger partial charge in [0.2, 0.25) is 0 Å². The summed E-state index contributed by atoms with van der Waals surface area (Å²) in [5, 5.41) is 4.16. The van der Waals surface area contributed by atoms with Crippen LogP contribution in [0.3, 0.4) is 0 Å². The van der Waals surface area contributed by atoms with E-state index in [-0.39, 0.29) is 0 Å². The Kier molecular flexibility index (Phi) is 4.51. The summed E-state index contributed by atoms with van der Waals surface area (Å²) in [7, 11) is 0. The Balaban J connectivity index is 1.83. The number of fused-ring (bicyclic) bond motifs is 1. The third-order valence-electron chi connectivity index (χ3n) is 2.92. The molecule has 0 saturated heterocycles. The summed E-state index contributed by atoms with van der Waals surface area (Å²) >= 11 is 3.43. The summed E-state index contributed by atoms with van der Waals surface area (Å²) in [5.74, 6) is 6.88. The van der Waals surface area contributed by atoms with E-state index in [1.54, 1.807) is 29.4 Å². The van der Waals surface area contributed by atoms with Gasteiger partial charge < -0.3 is 5.73 Å². The third kappa shape index (κ3) is 3.24. The Morgan fingerprint density at radius 1 is 1.19 bits per heavy atom. The molecule has 3 rings (SSSR count). The maximum absolute atomic E-state index is 5.43. The van der Waals surface area contributed by atoms with Crippen LogP contribution in [0.4, 0.5) is 0 Å². The second-order valence-electron chi connectivity index (χ2n) is 4.25. The highest BCUT2D eigenvalue weighted by Gasteiger charge is 2.07. The lowest BCUT2D eigenvalue weighted by atomic mass is 10.2. The lowest BCUT2D eigenvalue weighted by Gasteiger charge is -2.04. The highest BCUT2D eigenvalue weighted by molar-refractivity contribution is 7.98. The molecule has 0 spiro atoms. The quantitative estimate of drug-likeness (QED) is 0.458. The molecule has 0 unspecified atom stereocenters. The van der Waals surface area contributed by atoms with Crippen molar-refractivity contribution in [2.75, 3.05) is 6.54 Å². The molecule has 3 aromatic rings. The van der Waals surface area contributed by atoms with Crippen molar-refractivity contribution in [1.82, 2.24) is 9.97 Å². The molecule has 0 aliphatic rings. The molecule has 0 aliphatic carbocycles. The van der Waals surface area contributed by atoms with Crippen molar-refractivity contribution >= 4 is 34.0 Å². The predicted molar refractivity (Wildman–Crippen MR) is 89.4 cm³/mol. The van der Waals surface area contributed by atoms with Gasteiger partial charge in [0.25, 0.3) is 0 Å². The minimum Gasteiger partial charge on any atom is -0.320 e. The maximum atomic E-state index is 5.43. The first-order valence-corrected chi connectivity index (χ1v) is 8.33. The zero-order valence-corrected chi connectivity index (χ0v) is 12.9. The van der Waals surface area contributed by atoms with Gasteiger partial charge in [-0.05, 0) is 17.5 Å². The van der Waals surface area contributed by atoms with Crippen LogP contribution in [0.25, 0.3) is 10.9 Å². The number of hydrogen-bond acceptors (Lipinski definition) is 5. The standard InChI is InChI=1S/C16H13N3S2/c17-8-3-4-12-7-9-20-15(12)10-21-16-13-5-1-2-6-14(13)18-11-19-16/h1-2,5-7,9,11H,8,10,17H2. The lowest BCUT2D eigenvalue weighted by molar-refractivity contribution is 1.10. The molecule has 5 heteroatoms. The number of para-hydroxylation sites is 1. The average molecular weight is 311 g/mol. The number of hydrogen-bond donors (Lipinski definition) is 1. The first-order chi connectivity index (χ1) is 10.4. The fourth-order valence-electron chi connectivity index (χ4n) is 1.94. The molecule has 0 aliphatic heterocycles. The first-order valence-electron chi connectivity index (χ1n) is 6.46. The van der Waals surface area contributed by atoms with E-state index in [0.717, 1.165) is 27.2 Å². The van der Waals surface area contributed by atoms with Crippen LogP contribution in [0.5, 0.6) is 0 Å². The van der Waals surface area contributed by atoms with Crippen molar-refractivity contribution in [3.63, 3.8) is 0 Å². The van der Waals surface area contributed by atoms with Gasteiger partial charge >= 0.3 is 0 Å². The van der Waals surface area contributed by atoms with Gasteiger partial charge in [-0.25, -0.2) is 9.97 Å². The van der Waals surface area contributed by atoms with Crippen LogP contribution in [0.2, 0.25) is 0 Å². The van der Waals surface area contributed by atoms with E-state index in [4.69, 9.17) is 5.73 Å². The molecule has 0 atom stereocenters. The van der Waals surface area contributed by atoms with Crippen molar-refractivity contribution in [2.24, 2.45) is 5.73 Å². The Morgan fingerprint density at radius 2 is 2.10 bits per heavy atom. The highest BCUT2D eigenvalue weighted by atomic mass is 32.2. The Hall–Kier alpha value is -1.87. The van der Waals surface area contributed by atoms with E-state index in [1.807, 2.05) is 24.3 Å². The van der Waals surface area contributed by atoms with Gasteiger partial charge in [-0.1, -0.05) is 30.0 Å². The fourth-order valence-corrected chi connectivity index (χ4v) is 3.88. The Bertz CT molecular complexity index is 809. The molecule has 0 bridgehead atoms. The van der Waals surface area contributed by atoms with E-state index < -0.39 is 0 Å². The van der Waals surface area contributed by atoms with E-state index in [0.29, 0.717) is 6.54 Å². The predicted octanol–water partition coefficient (Wildman–Crippen LogP) is 3.29. The Morgan fingerprint density at radius 3 is 3.00 bits per heavy atom. The van der Waals surface area contributed by atoms with E-state index in [2.05, 4.69) is 33.3 Å². The van der Waals surface area contributed by atoms with Crippen LogP contribution in [-0.4, -0.2) is 16.5 Å². The van der Waals surface area contributed by atoms with Crippen LogP contribution in [0.15, 0.2) is 47.1 Å². The molecule has 0 radical (unpaired) electrons. The second kappa shape index (κ2) is 6.72. The maximum Gasteiger partial charge on any atom is 0.117 e. The van der Waals surface area contributed by atoms with Crippen molar-refractivity contribution in [1.29, 1.82) is 0 Å². The van der Waals surface area contributed by atoms with Crippen LogP contribution in [-0.2, 0) is 5.75 Å². The topological polar surface area (TPSA) is 51.8 Å². The summed E-state index contributed by atoms with van der Waals surface area (Å²) in [5.41, 5.74) is 7.47. The molecule has 2 aromatic heterocycles. The Labute approximate surface area is 131 Å². The van der Waals surface area contributed by atoms with Crippen molar-refractivity contribution in [3.8, 4) is 11.8 Å². The number of thiophene rings is 1. The summed E-state index contributed by atoms with van der Waals surface area (Å²) < 4.78 is 0. The first kappa shape index (κ1) is 14.1. The van der Waals surface area contributed by atoms with Gasteiger partial charge in [-0.2, -0.15) is 0 Å². The smallest absolute Gasteiger partial charge is 0.117 e. The van der Waals surface area contributed by atoms with Gasteiger partial charge in [0, 0.05) is 21.6 Å². The average Bonchev–Trinajstić information content (AvgIpc) is 2.98. The number of benzene rings is 1. The molecular formula is C16H13N3S2. The van der Waals surface area contributed by atoms with Gasteiger partial charge in [0.15, 0.2) is 0 Å². The van der Waals surface area contributed by atoms with Crippen LogP contribution >= 0.6 is 23.1 Å². The van der Waals surface area contributed by atoms with Gasteiger partial charge in [-0.3, -0.25) is 0 Å². The summed E-state index contributed by atoms with van der Waals surface area (Å²) in [6.45, 7) is 0.388. The number of rotatable bonds is 3. The molecule has 2 N–H and O–H groups in total. The van der Waals surface area contributed by atoms with E-state index in [1.165, 1.54) is 4.88 Å². The molecule has 21 heavy (non-hydrogen) atoms. The summed E-state index contributed by atoms with van der Waals surface area (Å²) in [6.07, 6.45) is 1.62. The minimum atomic E-state index is 0.388. The molecule has 0 fully saturated rings. The van der Waals surface area contributed by atoms with Crippen molar-refractivity contribution < 1.29 is 0 Å². The van der Waals surface area contributed by atoms with Gasteiger partial charge in [0.05, 0.1) is 12.1 Å². The number of nitrogens with zero attached hydrogens (tertiary/aromatic N) is 2. The van der Waals surface area contributed by atoms with Gasteiger partial charge in [-0.15, -0.1) is 23.1 Å². The van der Waals surface area contributed by atoms with Crippen molar-refractivity contribution in [2.45, 2.75) is 10.8 Å². The molecule has 3 nitrogen and oxygen atoms in total. The van der Waals surface area contributed by atoms with Crippen LogP contribution in [0, 0.1) is 11.8 Å². The lowest BCUT2D eigenvalue weighted by Crippen LogP contribution is -1.93. The normalized spacial score (nSPS) is 10.3. The fraction of sp³-hybridized carbons (Fsp3) is 0.125. The molecule has 0 saturated carbocycles. The number of aromatic nitrogens is 2. The van der Waals surface area contributed by atoms with E-state index >= 15 is 0 Å². The zero-order chi connectivity index (χ0) is 14.5. The summed E-state index contributed by atoms with van der Waals surface area (Å²) in [6, 6.07) is 10.1. The second-order valence-corrected chi connectivity index (χ2v) is 6.21. The SMILES string of the molecule is NCC#Cc1ccsc1CSc1ncnc2ccccc12. The minimum absolute atomic E-state index is 0.388. The zero-order valence-electron chi connectivity index (χ0n) is 11.2. The monoisotopic (exact) mass is 311 g/mol. The highest BCUT2D eigenvalue weighted by Crippen LogP contribution is 2.30. The van der Waals surface area contributed by atoms with E-state index in [9.17, 15) is 0 Å². The molecular weight excluding hydrogens is 298 g/mol. The number of nitrogens with two attached hydrogens (primary N) is 1. The largest absolute Gasteiger partial charge is 0.320 e. The van der Waals surface area contributed by atoms with Gasteiger partial charge in [0.1, 0.15) is 11.4 Å². The molecule has 2 heterocycles. The van der Waals surface area contributed by atoms with Crippen LogP contribution in [0.1, 0.15) is 10.4 Å². The third-order valence-corrected chi connectivity index (χ3v) is 5.05. The summed E-state index contributed by atoms with van der Waals surface area (Å²) in [4.78, 5) is 9.94. The van der Waals surface area contributed by atoms with Crippen molar-refractivity contribution in [3.05, 3.63) is 52.5 Å². The van der Waals surface area contributed by atoms with Crippen LogP contribution < -0.4 is 5.73 Å². The number of thioether (sulfide) groups is 1. The molecule has 104 valence electrons. The molecule has 0 amide bonds.